The molecule has 1 aromatic heterocycles. The number of nitrogens with one attached hydrogen (secondary N) is 1. The van der Waals surface area contributed by atoms with Gasteiger partial charge in [0.2, 0.25) is 0 Å². The molecular weight excluding hydrogens is 262 g/mol. The molecule has 1 aliphatic heterocycles. The summed E-state index contributed by atoms with van der Waals surface area (Å²) in [5.74, 6) is -0.120. The third kappa shape index (κ3) is 2.49. The van der Waals surface area contributed by atoms with Crippen molar-refractivity contribution < 1.29 is 4.79 Å². The molecule has 19 heavy (non-hydrogen) atoms. The number of aromatic nitrogens is 2. The third-order valence-corrected chi connectivity index (χ3v) is 3.54. The molecule has 1 N–H and O–H groups in total. The highest BCUT2D eigenvalue weighted by Crippen LogP contribution is 2.20. The lowest BCUT2D eigenvalue weighted by Crippen LogP contribution is -2.17. The van der Waals surface area contributed by atoms with Crippen molar-refractivity contribution in [2.75, 3.05) is 5.32 Å². The second kappa shape index (κ2) is 5.05. The third-order valence-electron chi connectivity index (χ3n) is 3.31. The lowest BCUT2D eigenvalue weighted by molar-refractivity contribution is 0.102. The van der Waals surface area contributed by atoms with Gasteiger partial charge in [0.1, 0.15) is 0 Å². The molecule has 0 saturated carbocycles. The standard InChI is InChI=1S/C14H14ClN3O/c15-10-4-3-5-11(8-10)17-14(19)12-9-16-18-7-2-1-6-13(12)18/h3-5,8-9H,1-2,6-7H2,(H,17,19). The van der Waals surface area contributed by atoms with Crippen LogP contribution in [0.3, 0.4) is 0 Å². The number of nitrogens with zero attached hydrogens (tertiary/aromatic N) is 2. The van der Waals surface area contributed by atoms with Gasteiger partial charge in [0, 0.05) is 17.3 Å². The van der Waals surface area contributed by atoms with Crippen molar-refractivity contribution in [3.8, 4) is 0 Å². The minimum Gasteiger partial charge on any atom is -0.322 e. The largest absolute Gasteiger partial charge is 0.322 e. The Morgan fingerprint density at radius 1 is 1.37 bits per heavy atom. The number of benzene rings is 1. The summed E-state index contributed by atoms with van der Waals surface area (Å²) in [6.07, 6.45) is 4.81. The number of aryl methyl sites for hydroxylation is 1. The van der Waals surface area contributed by atoms with E-state index in [1.165, 1.54) is 0 Å². The molecule has 1 aromatic carbocycles. The molecule has 0 spiro atoms. The van der Waals surface area contributed by atoms with Crippen LogP contribution in [0.1, 0.15) is 28.9 Å². The highest BCUT2D eigenvalue weighted by molar-refractivity contribution is 6.30. The van der Waals surface area contributed by atoms with Gasteiger partial charge < -0.3 is 5.32 Å². The minimum absolute atomic E-state index is 0.120. The number of hydrogen-bond donors (Lipinski definition) is 1. The fraction of sp³-hybridized carbons (Fsp3) is 0.286. The van der Waals surface area contributed by atoms with Gasteiger partial charge in [-0.15, -0.1) is 0 Å². The Labute approximate surface area is 116 Å². The van der Waals surface area contributed by atoms with E-state index in [9.17, 15) is 4.79 Å². The molecule has 4 nitrogen and oxygen atoms in total. The molecule has 1 amide bonds. The van der Waals surface area contributed by atoms with Gasteiger partial charge in [-0.3, -0.25) is 9.48 Å². The number of halogens is 1. The van der Waals surface area contributed by atoms with Crippen LogP contribution in [0.5, 0.6) is 0 Å². The van der Waals surface area contributed by atoms with Crippen LogP contribution in [-0.4, -0.2) is 15.7 Å². The molecule has 2 heterocycles. The van der Waals surface area contributed by atoms with Crippen LogP contribution >= 0.6 is 11.6 Å². The first kappa shape index (κ1) is 12.2. The van der Waals surface area contributed by atoms with Crippen LogP contribution in [0.25, 0.3) is 0 Å². The van der Waals surface area contributed by atoms with Crippen LogP contribution in [0.4, 0.5) is 5.69 Å². The van der Waals surface area contributed by atoms with Crippen LogP contribution in [0.2, 0.25) is 5.02 Å². The Kier molecular flexibility index (Phi) is 3.25. The number of fused-ring (bicyclic) bond motifs is 1. The minimum atomic E-state index is -0.120. The van der Waals surface area contributed by atoms with Crippen LogP contribution in [0.15, 0.2) is 30.5 Å². The van der Waals surface area contributed by atoms with Gasteiger partial charge in [-0.1, -0.05) is 17.7 Å². The molecule has 0 aliphatic carbocycles. The van der Waals surface area contributed by atoms with E-state index in [-0.39, 0.29) is 5.91 Å². The quantitative estimate of drug-likeness (QED) is 0.915. The van der Waals surface area contributed by atoms with E-state index >= 15 is 0 Å². The molecule has 2 aromatic rings. The van der Waals surface area contributed by atoms with Crippen molar-refractivity contribution in [2.24, 2.45) is 0 Å². The number of carbonyl (C=O) groups is 1. The van der Waals surface area contributed by atoms with Crippen LogP contribution < -0.4 is 5.32 Å². The van der Waals surface area contributed by atoms with Crippen molar-refractivity contribution in [1.82, 2.24) is 9.78 Å². The van der Waals surface area contributed by atoms with E-state index in [0.717, 1.165) is 31.5 Å². The summed E-state index contributed by atoms with van der Waals surface area (Å²) in [6.45, 7) is 0.903. The van der Waals surface area contributed by atoms with Crippen LogP contribution in [0, 0.1) is 0 Å². The Hall–Kier alpha value is -1.81. The zero-order valence-corrected chi connectivity index (χ0v) is 11.2. The van der Waals surface area contributed by atoms with Crippen molar-refractivity contribution in [2.45, 2.75) is 25.8 Å². The zero-order chi connectivity index (χ0) is 13.2. The van der Waals surface area contributed by atoms with Crippen molar-refractivity contribution >= 4 is 23.2 Å². The monoisotopic (exact) mass is 275 g/mol. The maximum absolute atomic E-state index is 12.3. The Bertz CT molecular complexity index is 621. The summed E-state index contributed by atoms with van der Waals surface area (Å²) in [7, 11) is 0. The maximum Gasteiger partial charge on any atom is 0.259 e. The maximum atomic E-state index is 12.3. The van der Waals surface area contributed by atoms with E-state index in [4.69, 9.17) is 11.6 Å². The number of carbonyl (C=O) groups excluding carboxylic acids is 1. The molecule has 0 saturated heterocycles. The van der Waals surface area contributed by atoms with Gasteiger partial charge in [-0.05, 0) is 37.5 Å². The zero-order valence-electron chi connectivity index (χ0n) is 10.4. The summed E-state index contributed by atoms with van der Waals surface area (Å²) in [4.78, 5) is 12.3. The molecule has 0 atom stereocenters. The Balaban J connectivity index is 1.83. The molecule has 3 rings (SSSR count). The van der Waals surface area contributed by atoms with Crippen LogP contribution in [-0.2, 0) is 13.0 Å². The van der Waals surface area contributed by atoms with Crippen molar-refractivity contribution in [1.29, 1.82) is 0 Å². The number of amides is 1. The van der Waals surface area contributed by atoms with E-state index in [1.54, 1.807) is 18.3 Å². The highest BCUT2D eigenvalue weighted by Gasteiger charge is 2.19. The highest BCUT2D eigenvalue weighted by atomic mass is 35.5. The molecule has 0 unspecified atom stereocenters. The predicted octanol–water partition coefficient (Wildman–Crippen LogP) is 3.13. The average molecular weight is 276 g/mol. The Morgan fingerprint density at radius 3 is 3.11 bits per heavy atom. The first-order chi connectivity index (χ1) is 9.24. The second-order valence-electron chi connectivity index (χ2n) is 4.65. The van der Waals surface area contributed by atoms with E-state index in [1.807, 2.05) is 16.8 Å². The fourth-order valence-electron chi connectivity index (χ4n) is 2.38. The fourth-order valence-corrected chi connectivity index (χ4v) is 2.57. The predicted molar refractivity (Wildman–Crippen MR) is 74.6 cm³/mol. The van der Waals surface area contributed by atoms with Gasteiger partial charge in [0.25, 0.3) is 5.91 Å². The molecule has 98 valence electrons. The smallest absolute Gasteiger partial charge is 0.259 e. The number of hydrogen-bond acceptors (Lipinski definition) is 2. The molecular formula is C14H14ClN3O. The van der Waals surface area contributed by atoms with Gasteiger partial charge >= 0.3 is 0 Å². The van der Waals surface area contributed by atoms with E-state index in [2.05, 4.69) is 10.4 Å². The summed E-state index contributed by atoms with van der Waals surface area (Å²) in [6, 6.07) is 7.14. The van der Waals surface area contributed by atoms with E-state index < -0.39 is 0 Å². The first-order valence-electron chi connectivity index (χ1n) is 6.35. The molecule has 1 aliphatic rings. The summed E-state index contributed by atoms with van der Waals surface area (Å²) in [5.41, 5.74) is 2.40. The van der Waals surface area contributed by atoms with Gasteiger partial charge in [0.05, 0.1) is 17.5 Å². The summed E-state index contributed by atoms with van der Waals surface area (Å²) < 4.78 is 1.93. The van der Waals surface area contributed by atoms with E-state index in [0.29, 0.717) is 16.3 Å². The second-order valence-corrected chi connectivity index (χ2v) is 5.09. The van der Waals surface area contributed by atoms with Gasteiger partial charge in [-0.25, -0.2) is 0 Å². The SMILES string of the molecule is O=C(Nc1cccc(Cl)c1)c1cnn2c1CCCC2. The van der Waals surface area contributed by atoms with Gasteiger partial charge in [-0.2, -0.15) is 5.10 Å². The number of rotatable bonds is 2. The van der Waals surface area contributed by atoms with Crippen molar-refractivity contribution in [3.05, 3.63) is 46.7 Å². The lowest BCUT2D eigenvalue weighted by atomic mass is 10.1. The normalized spacial score (nSPS) is 13.9. The average Bonchev–Trinajstić information content (AvgIpc) is 2.82. The molecule has 5 heteroatoms. The summed E-state index contributed by atoms with van der Waals surface area (Å²) >= 11 is 5.90. The first-order valence-corrected chi connectivity index (χ1v) is 6.73. The molecule has 0 bridgehead atoms. The molecule has 0 radical (unpaired) electrons. The van der Waals surface area contributed by atoms with Gasteiger partial charge in [0.15, 0.2) is 0 Å². The topological polar surface area (TPSA) is 46.9 Å². The number of anilines is 1. The van der Waals surface area contributed by atoms with Crippen molar-refractivity contribution in [3.63, 3.8) is 0 Å². The lowest BCUT2D eigenvalue weighted by Gasteiger charge is -2.14. The molecule has 0 fully saturated rings. The Morgan fingerprint density at radius 2 is 2.26 bits per heavy atom. The summed E-state index contributed by atoms with van der Waals surface area (Å²) in [5, 5.41) is 7.73.